The summed E-state index contributed by atoms with van der Waals surface area (Å²) in [6.45, 7) is 8.93. The van der Waals surface area contributed by atoms with Crippen molar-refractivity contribution >= 4 is 23.7 Å². The predicted octanol–water partition coefficient (Wildman–Crippen LogP) is 3.04. The van der Waals surface area contributed by atoms with Crippen LogP contribution < -0.4 is 0 Å². The topological polar surface area (TPSA) is 98.2 Å². The van der Waals surface area contributed by atoms with Crippen LogP contribution in [0.4, 0.5) is 0 Å². The molecule has 1 N–H and O–H groups in total. The van der Waals surface area contributed by atoms with Crippen LogP contribution in [0.5, 0.6) is 0 Å². The molecule has 0 spiro atoms. The molecule has 2 aliphatic heterocycles. The van der Waals surface area contributed by atoms with Crippen LogP contribution >= 0.6 is 0 Å². The Bertz CT molecular complexity index is 1130. The monoisotopic (exact) mass is 477 g/mol. The van der Waals surface area contributed by atoms with E-state index in [1.54, 1.807) is 17.0 Å². The number of aryl methyl sites for hydroxylation is 2. The number of imide groups is 1. The summed E-state index contributed by atoms with van der Waals surface area (Å²) < 4.78 is 0. The highest BCUT2D eigenvalue weighted by atomic mass is 16.4. The van der Waals surface area contributed by atoms with Gasteiger partial charge >= 0.3 is 5.97 Å². The minimum atomic E-state index is -1.38. The standard InChI is InChI=1S/C27H31N3O5/c1-17-8-9-20(18(2)16-17)19(3)28-12-14-29(15-13-28)24(31)11-10-23(27(34)35)30-25(32)21-6-4-5-7-22(21)26(30)33/h4-9,16,19,23H,10-15H2,1-3H3,(H,34,35)/t19?,23-/m0/s1. The summed E-state index contributed by atoms with van der Waals surface area (Å²) in [5.74, 6) is -2.70. The minimum Gasteiger partial charge on any atom is -0.480 e. The lowest BCUT2D eigenvalue weighted by Crippen LogP contribution is -2.50. The maximum absolute atomic E-state index is 12.9. The summed E-state index contributed by atoms with van der Waals surface area (Å²) in [5, 5.41) is 9.74. The van der Waals surface area contributed by atoms with Crippen molar-refractivity contribution in [2.24, 2.45) is 0 Å². The van der Waals surface area contributed by atoms with Gasteiger partial charge in [-0.3, -0.25) is 24.2 Å². The van der Waals surface area contributed by atoms with Gasteiger partial charge in [0.2, 0.25) is 5.91 Å². The quantitative estimate of drug-likeness (QED) is 0.616. The van der Waals surface area contributed by atoms with Gasteiger partial charge in [-0.2, -0.15) is 0 Å². The molecule has 0 aromatic heterocycles. The Balaban J connectivity index is 1.34. The number of hydrogen-bond acceptors (Lipinski definition) is 5. The average Bonchev–Trinajstić information content (AvgIpc) is 3.09. The van der Waals surface area contributed by atoms with Crippen molar-refractivity contribution in [2.45, 2.75) is 45.7 Å². The van der Waals surface area contributed by atoms with Gasteiger partial charge in [0.15, 0.2) is 0 Å². The maximum Gasteiger partial charge on any atom is 0.326 e. The summed E-state index contributed by atoms with van der Waals surface area (Å²) >= 11 is 0. The number of carboxylic acids is 1. The molecule has 184 valence electrons. The fourth-order valence-electron chi connectivity index (χ4n) is 5.12. The molecule has 2 atom stereocenters. The number of carbonyl (C=O) groups excluding carboxylic acids is 3. The molecule has 2 aliphatic rings. The second-order valence-electron chi connectivity index (χ2n) is 9.37. The van der Waals surface area contributed by atoms with Gasteiger partial charge in [0.1, 0.15) is 6.04 Å². The zero-order valence-corrected chi connectivity index (χ0v) is 20.4. The molecule has 2 heterocycles. The molecule has 35 heavy (non-hydrogen) atoms. The average molecular weight is 478 g/mol. The first kappa shape index (κ1) is 24.6. The molecule has 1 saturated heterocycles. The van der Waals surface area contributed by atoms with Crippen LogP contribution in [0.1, 0.15) is 63.2 Å². The SMILES string of the molecule is Cc1ccc(C(C)N2CCN(C(=O)CC[C@@H](C(=O)O)N3C(=O)c4ccccc4C3=O)CC2)c(C)c1. The molecular weight excluding hydrogens is 446 g/mol. The number of benzene rings is 2. The Morgan fingerprint density at radius 2 is 1.54 bits per heavy atom. The zero-order chi connectivity index (χ0) is 25.3. The fraction of sp³-hybridized carbons (Fsp3) is 0.407. The summed E-state index contributed by atoms with van der Waals surface area (Å²) in [6.07, 6.45) is -0.157. The van der Waals surface area contributed by atoms with Crippen molar-refractivity contribution in [3.05, 3.63) is 70.3 Å². The number of hydrogen-bond donors (Lipinski definition) is 1. The van der Waals surface area contributed by atoms with Crippen LogP contribution in [0, 0.1) is 13.8 Å². The van der Waals surface area contributed by atoms with Crippen molar-refractivity contribution < 1.29 is 24.3 Å². The molecule has 2 aromatic carbocycles. The first-order valence-electron chi connectivity index (χ1n) is 12.0. The Hall–Kier alpha value is -3.52. The number of rotatable bonds is 7. The highest BCUT2D eigenvalue weighted by Gasteiger charge is 2.43. The molecule has 2 aromatic rings. The smallest absolute Gasteiger partial charge is 0.326 e. The second-order valence-corrected chi connectivity index (χ2v) is 9.37. The number of amides is 3. The van der Waals surface area contributed by atoms with Gasteiger partial charge in [-0.05, 0) is 50.5 Å². The Labute approximate surface area is 205 Å². The molecule has 3 amide bonds. The fourth-order valence-corrected chi connectivity index (χ4v) is 5.12. The maximum atomic E-state index is 12.9. The van der Waals surface area contributed by atoms with Gasteiger partial charge in [-0.25, -0.2) is 4.79 Å². The molecule has 8 nitrogen and oxygen atoms in total. The lowest BCUT2D eigenvalue weighted by atomic mass is 9.98. The van der Waals surface area contributed by atoms with Crippen LogP contribution in [-0.2, 0) is 9.59 Å². The van der Waals surface area contributed by atoms with Crippen LogP contribution in [-0.4, -0.2) is 75.7 Å². The third-order valence-corrected chi connectivity index (χ3v) is 7.14. The van der Waals surface area contributed by atoms with E-state index >= 15 is 0 Å². The summed E-state index contributed by atoms with van der Waals surface area (Å²) in [6, 6.07) is 11.6. The van der Waals surface area contributed by atoms with Crippen molar-refractivity contribution in [3.63, 3.8) is 0 Å². The predicted molar refractivity (Wildman–Crippen MR) is 130 cm³/mol. The van der Waals surface area contributed by atoms with E-state index in [1.165, 1.54) is 28.8 Å². The molecule has 1 fully saturated rings. The van der Waals surface area contributed by atoms with Gasteiger partial charge in [-0.1, -0.05) is 35.9 Å². The molecule has 0 bridgehead atoms. The molecule has 1 unspecified atom stereocenters. The van der Waals surface area contributed by atoms with E-state index in [4.69, 9.17) is 0 Å². The number of nitrogens with zero attached hydrogens (tertiary/aromatic N) is 3. The normalized spacial score (nSPS) is 17.9. The zero-order valence-electron chi connectivity index (χ0n) is 20.4. The van der Waals surface area contributed by atoms with E-state index in [0.717, 1.165) is 18.0 Å². The minimum absolute atomic E-state index is 0.0446. The summed E-state index contributed by atoms with van der Waals surface area (Å²) in [7, 11) is 0. The Morgan fingerprint density at radius 3 is 2.09 bits per heavy atom. The van der Waals surface area contributed by atoms with Crippen molar-refractivity contribution in [2.75, 3.05) is 26.2 Å². The van der Waals surface area contributed by atoms with E-state index in [-0.39, 0.29) is 35.9 Å². The number of piperazine rings is 1. The van der Waals surface area contributed by atoms with Gasteiger partial charge in [0.05, 0.1) is 11.1 Å². The molecule has 8 heteroatoms. The first-order valence-corrected chi connectivity index (χ1v) is 12.0. The number of fused-ring (bicyclic) bond motifs is 1. The van der Waals surface area contributed by atoms with E-state index in [2.05, 4.69) is 43.9 Å². The second kappa shape index (κ2) is 10.00. The van der Waals surface area contributed by atoms with Crippen LogP contribution in [0.25, 0.3) is 0 Å². The Kier molecular flexibility index (Phi) is 7.03. The van der Waals surface area contributed by atoms with E-state index < -0.39 is 23.8 Å². The van der Waals surface area contributed by atoms with Crippen molar-refractivity contribution in [1.82, 2.24) is 14.7 Å². The highest BCUT2D eigenvalue weighted by molar-refractivity contribution is 6.22. The number of aliphatic carboxylic acids is 1. The number of carbonyl (C=O) groups is 4. The molecular formula is C27H31N3O5. The van der Waals surface area contributed by atoms with Crippen LogP contribution in [0.15, 0.2) is 42.5 Å². The van der Waals surface area contributed by atoms with Gasteiger partial charge in [-0.15, -0.1) is 0 Å². The van der Waals surface area contributed by atoms with E-state index in [1.807, 2.05) is 0 Å². The highest BCUT2D eigenvalue weighted by Crippen LogP contribution is 2.27. The van der Waals surface area contributed by atoms with Crippen LogP contribution in [0.3, 0.4) is 0 Å². The third kappa shape index (κ3) is 4.84. The van der Waals surface area contributed by atoms with Crippen molar-refractivity contribution in [1.29, 1.82) is 0 Å². The lowest BCUT2D eigenvalue weighted by Gasteiger charge is -2.39. The van der Waals surface area contributed by atoms with E-state index in [0.29, 0.717) is 13.1 Å². The Morgan fingerprint density at radius 1 is 0.943 bits per heavy atom. The lowest BCUT2D eigenvalue weighted by molar-refractivity contribution is -0.142. The first-order chi connectivity index (χ1) is 16.7. The summed E-state index contributed by atoms with van der Waals surface area (Å²) in [4.78, 5) is 55.1. The number of carboxylic acid groups (broad SMARTS) is 1. The molecule has 0 aliphatic carbocycles. The largest absolute Gasteiger partial charge is 0.480 e. The van der Waals surface area contributed by atoms with Gasteiger partial charge in [0.25, 0.3) is 11.8 Å². The van der Waals surface area contributed by atoms with Gasteiger partial charge < -0.3 is 10.0 Å². The molecule has 0 radical (unpaired) electrons. The van der Waals surface area contributed by atoms with Gasteiger partial charge in [0, 0.05) is 38.6 Å². The third-order valence-electron chi connectivity index (χ3n) is 7.14. The van der Waals surface area contributed by atoms with Crippen molar-refractivity contribution in [3.8, 4) is 0 Å². The summed E-state index contributed by atoms with van der Waals surface area (Å²) in [5.41, 5.74) is 4.16. The van der Waals surface area contributed by atoms with Crippen LogP contribution in [0.2, 0.25) is 0 Å². The molecule has 0 saturated carbocycles. The van der Waals surface area contributed by atoms with E-state index in [9.17, 15) is 24.3 Å². The molecule has 4 rings (SSSR count).